The summed E-state index contributed by atoms with van der Waals surface area (Å²) in [4.78, 5) is 0. The molecule has 1 saturated heterocycles. The van der Waals surface area contributed by atoms with E-state index in [9.17, 15) is 0 Å². The van der Waals surface area contributed by atoms with E-state index in [0.29, 0.717) is 12.7 Å². The Balaban J connectivity index is 0.000000640. The number of hydrogen-bond donors (Lipinski definition) is 0. The summed E-state index contributed by atoms with van der Waals surface area (Å²) < 4.78 is 9.96. The summed E-state index contributed by atoms with van der Waals surface area (Å²) in [6.07, 6.45) is 2.12. The van der Waals surface area contributed by atoms with Crippen LogP contribution in [0.25, 0.3) is 0 Å². The SMILES string of the molecule is C=CCOCC1CO1.[PoH2]. The fraction of sp³-hybridized carbons (Fsp3) is 0.667. The predicted octanol–water partition coefficient (Wildman–Crippen LogP) is -0.328. The van der Waals surface area contributed by atoms with Crippen LogP contribution in [0.15, 0.2) is 12.7 Å². The minimum absolute atomic E-state index is 0. The van der Waals surface area contributed by atoms with Crippen LogP contribution < -0.4 is 0 Å². The third kappa shape index (κ3) is 5.02. The van der Waals surface area contributed by atoms with Gasteiger partial charge in [-0.3, -0.25) is 0 Å². The zero-order valence-corrected chi connectivity index (χ0v) is 9.19. The van der Waals surface area contributed by atoms with E-state index in [1.807, 2.05) is 0 Å². The molecule has 0 aromatic heterocycles. The van der Waals surface area contributed by atoms with E-state index < -0.39 is 0 Å². The van der Waals surface area contributed by atoms with Crippen LogP contribution in [0.3, 0.4) is 0 Å². The third-order valence-electron chi connectivity index (χ3n) is 0.942. The molecule has 1 fully saturated rings. The van der Waals surface area contributed by atoms with E-state index in [0.717, 1.165) is 13.2 Å². The van der Waals surface area contributed by atoms with Crippen LogP contribution in [0.1, 0.15) is 0 Å². The van der Waals surface area contributed by atoms with Crippen molar-refractivity contribution >= 4 is 26.6 Å². The Hall–Kier alpha value is 0.556. The quantitative estimate of drug-likeness (QED) is 0.401. The molecule has 2 nitrogen and oxygen atoms in total. The van der Waals surface area contributed by atoms with Gasteiger partial charge >= 0.3 is 26.6 Å². The third-order valence-corrected chi connectivity index (χ3v) is 0.942. The van der Waals surface area contributed by atoms with E-state index >= 15 is 0 Å². The zero-order valence-electron chi connectivity index (χ0n) is 5.30. The van der Waals surface area contributed by atoms with E-state index in [-0.39, 0.29) is 26.6 Å². The van der Waals surface area contributed by atoms with Gasteiger partial charge in [-0.15, -0.1) is 6.58 Å². The van der Waals surface area contributed by atoms with Crippen molar-refractivity contribution in [3.05, 3.63) is 12.7 Å². The Kier molecular flexibility index (Phi) is 5.68. The van der Waals surface area contributed by atoms with E-state index in [4.69, 9.17) is 9.47 Å². The fourth-order valence-corrected chi connectivity index (χ4v) is 0.447. The molecule has 9 heavy (non-hydrogen) atoms. The number of rotatable bonds is 4. The van der Waals surface area contributed by atoms with Crippen LogP contribution in [-0.4, -0.2) is 52.5 Å². The maximum absolute atomic E-state index is 5.06. The summed E-state index contributed by atoms with van der Waals surface area (Å²) in [5.74, 6) is 0. The number of epoxide rings is 1. The standard InChI is InChI=1S/C6H10O2.Po.2H/c1-2-3-7-4-6-5-8-6;;;/h2,6H,1,3-5H2;;;. The molecule has 0 bridgehead atoms. The van der Waals surface area contributed by atoms with Gasteiger partial charge in [-0.05, 0) is 0 Å². The Labute approximate surface area is 74.7 Å². The second-order valence-corrected chi connectivity index (χ2v) is 1.78. The molecule has 0 N–H and O–H groups in total. The van der Waals surface area contributed by atoms with Gasteiger partial charge in [-0.2, -0.15) is 0 Å². The second kappa shape index (κ2) is 5.35. The van der Waals surface area contributed by atoms with Gasteiger partial charge in [0.1, 0.15) is 6.10 Å². The first-order valence-electron chi connectivity index (χ1n) is 2.73. The average molecular weight is 325 g/mol. The van der Waals surface area contributed by atoms with Crippen molar-refractivity contribution in [1.29, 1.82) is 0 Å². The van der Waals surface area contributed by atoms with Gasteiger partial charge in [0, 0.05) is 0 Å². The summed E-state index contributed by atoms with van der Waals surface area (Å²) in [5, 5.41) is 0. The fourth-order valence-electron chi connectivity index (χ4n) is 0.447. The van der Waals surface area contributed by atoms with Crippen molar-refractivity contribution in [3.63, 3.8) is 0 Å². The van der Waals surface area contributed by atoms with Crippen molar-refractivity contribution < 1.29 is 9.47 Å². The summed E-state index contributed by atoms with van der Waals surface area (Å²) >= 11 is 0. The molecule has 0 amide bonds. The minimum atomic E-state index is 0. The van der Waals surface area contributed by atoms with Crippen LogP contribution in [0.5, 0.6) is 0 Å². The van der Waals surface area contributed by atoms with E-state index in [2.05, 4.69) is 6.58 Å². The first-order valence-corrected chi connectivity index (χ1v) is 2.73. The van der Waals surface area contributed by atoms with Crippen molar-refractivity contribution in [2.45, 2.75) is 6.10 Å². The van der Waals surface area contributed by atoms with Gasteiger partial charge in [0.05, 0.1) is 19.8 Å². The van der Waals surface area contributed by atoms with Crippen LogP contribution in [-0.2, 0) is 9.47 Å². The molecule has 3 heteroatoms. The molecule has 0 aromatic carbocycles. The average Bonchev–Trinajstić information content (AvgIpc) is 2.51. The Morgan fingerprint density at radius 3 is 2.89 bits per heavy atom. The second-order valence-electron chi connectivity index (χ2n) is 1.78. The molecule has 0 saturated carbocycles. The first-order chi connectivity index (χ1) is 3.93. The van der Waals surface area contributed by atoms with Crippen molar-refractivity contribution in [3.8, 4) is 0 Å². The zero-order chi connectivity index (χ0) is 5.82. The number of ether oxygens (including phenoxy) is 2. The van der Waals surface area contributed by atoms with Gasteiger partial charge in [-0.25, -0.2) is 0 Å². The number of hydrogen-bond acceptors (Lipinski definition) is 2. The van der Waals surface area contributed by atoms with Crippen molar-refractivity contribution in [1.82, 2.24) is 0 Å². The molecule has 1 aliphatic heterocycles. The molecule has 0 radical (unpaired) electrons. The molecule has 1 aliphatic rings. The van der Waals surface area contributed by atoms with Crippen LogP contribution >= 0.6 is 0 Å². The van der Waals surface area contributed by atoms with Gasteiger partial charge in [0.2, 0.25) is 0 Å². The normalized spacial score (nSPS) is 22.4. The summed E-state index contributed by atoms with van der Waals surface area (Å²) in [6, 6.07) is 0. The molecule has 0 aliphatic carbocycles. The topological polar surface area (TPSA) is 21.8 Å². The summed E-state index contributed by atoms with van der Waals surface area (Å²) in [5.41, 5.74) is 0. The first kappa shape index (κ1) is 9.56. The van der Waals surface area contributed by atoms with Gasteiger partial charge < -0.3 is 9.47 Å². The Bertz CT molecular complexity index is 81.1. The van der Waals surface area contributed by atoms with Crippen molar-refractivity contribution in [2.24, 2.45) is 0 Å². The molecular weight excluding hydrogens is 313 g/mol. The summed E-state index contributed by atoms with van der Waals surface area (Å²) in [7, 11) is 0. The van der Waals surface area contributed by atoms with E-state index in [1.54, 1.807) is 6.08 Å². The molecule has 0 aromatic rings. The van der Waals surface area contributed by atoms with Gasteiger partial charge in [-0.1, -0.05) is 6.08 Å². The maximum atomic E-state index is 5.06. The molecule has 1 unspecified atom stereocenters. The van der Waals surface area contributed by atoms with Crippen LogP contribution in [0.2, 0.25) is 0 Å². The van der Waals surface area contributed by atoms with Crippen LogP contribution in [0, 0.1) is 0 Å². The van der Waals surface area contributed by atoms with Crippen molar-refractivity contribution in [2.75, 3.05) is 19.8 Å². The van der Waals surface area contributed by atoms with Gasteiger partial charge in [0.25, 0.3) is 0 Å². The molecule has 54 valence electrons. The molecule has 1 atom stereocenters. The monoisotopic (exact) mass is 325 g/mol. The molecule has 1 rings (SSSR count). The molecule has 1 heterocycles. The Morgan fingerprint density at radius 1 is 1.78 bits per heavy atom. The van der Waals surface area contributed by atoms with Gasteiger partial charge in [0.15, 0.2) is 0 Å². The summed E-state index contributed by atoms with van der Waals surface area (Å²) in [6.45, 7) is 5.75. The predicted molar refractivity (Wildman–Crippen MR) is 39.3 cm³/mol. The van der Waals surface area contributed by atoms with E-state index in [1.165, 1.54) is 0 Å². The molecule has 0 spiro atoms. The molecular formula is C6H12O2Po. The van der Waals surface area contributed by atoms with Crippen LogP contribution in [0.4, 0.5) is 0 Å². The Morgan fingerprint density at radius 2 is 2.44 bits per heavy atom.